The zero-order chi connectivity index (χ0) is 24.5. The van der Waals surface area contributed by atoms with Gasteiger partial charge in [-0.2, -0.15) is 0 Å². The van der Waals surface area contributed by atoms with E-state index in [2.05, 4.69) is 17.6 Å². The van der Waals surface area contributed by atoms with Gasteiger partial charge in [0.25, 0.3) is 5.91 Å². The number of aromatic hydroxyl groups is 1. The molecule has 0 bridgehead atoms. The van der Waals surface area contributed by atoms with E-state index in [9.17, 15) is 29.4 Å². The first-order valence-corrected chi connectivity index (χ1v) is 11.1. The molecule has 0 unspecified atom stereocenters. The van der Waals surface area contributed by atoms with Crippen molar-refractivity contribution in [1.29, 1.82) is 0 Å². The minimum absolute atomic E-state index is 0.0110. The SMILES string of the molecule is CCCCCC[C@H]1C(=O)O[C@H](C)[C@H](NC(=O)c2cccc(NC=O)c2O)C(=O)O[C@@H](C)[C@@H]1O. The summed E-state index contributed by atoms with van der Waals surface area (Å²) in [5.41, 5.74) is -0.188. The molecule has 2 rings (SSSR count). The normalized spacial score (nSPS) is 25.6. The lowest BCUT2D eigenvalue weighted by molar-refractivity contribution is -0.160. The Bertz CT molecular complexity index is 859. The number of para-hydroxylation sites is 1. The lowest BCUT2D eigenvalue weighted by Crippen LogP contribution is -2.50. The maximum absolute atomic E-state index is 12.8. The number of anilines is 1. The van der Waals surface area contributed by atoms with Crippen molar-refractivity contribution < 1.29 is 38.9 Å². The average molecular weight is 465 g/mol. The summed E-state index contributed by atoms with van der Waals surface area (Å²) in [4.78, 5) is 49.0. The van der Waals surface area contributed by atoms with Gasteiger partial charge in [-0.05, 0) is 32.4 Å². The Hall–Kier alpha value is -3.14. The zero-order valence-corrected chi connectivity index (χ0v) is 19.1. The number of nitrogens with one attached hydrogen (secondary N) is 2. The first kappa shape index (κ1) is 26.1. The molecule has 0 aromatic heterocycles. The molecule has 2 amide bonds. The zero-order valence-electron chi connectivity index (χ0n) is 19.1. The summed E-state index contributed by atoms with van der Waals surface area (Å²) in [5, 5.41) is 25.6. The van der Waals surface area contributed by atoms with Gasteiger partial charge in [0.2, 0.25) is 6.41 Å². The monoisotopic (exact) mass is 464 g/mol. The fourth-order valence-corrected chi connectivity index (χ4v) is 3.70. The molecule has 0 saturated carbocycles. The molecule has 1 saturated heterocycles. The van der Waals surface area contributed by atoms with Crippen molar-refractivity contribution in [2.75, 3.05) is 5.32 Å². The van der Waals surface area contributed by atoms with Gasteiger partial charge in [-0.3, -0.25) is 14.4 Å². The van der Waals surface area contributed by atoms with Crippen LogP contribution in [-0.4, -0.2) is 58.8 Å². The van der Waals surface area contributed by atoms with Gasteiger partial charge in [-0.15, -0.1) is 0 Å². The summed E-state index contributed by atoms with van der Waals surface area (Å²) in [6.07, 6.45) is 1.02. The summed E-state index contributed by atoms with van der Waals surface area (Å²) >= 11 is 0. The van der Waals surface area contributed by atoms with Crippen LogP contribution in [-0.2, 0) is 23.9 Å². The molecule has 1 aliphatic heterocycles. The van der Waals surface area contributed by atoms with Gasteiger partial charge in [-0.1, -0.05) is 38.7 Å². The highest BCUT2D eigenvalue weighted by atomic mass is 16.6. The highest BCUT2D eigenvalue weighted by Crippen LogP contribution is 2.28. The highest BCUT2D eigenvalue weighted by molar-refractivity contribution is 6.01. The van der Waals surface area contributed by atoms with E-state index in [1.165, 1.54) is 32.0 Å². The van der Waals surface area contributed by atoms with E-state index in [1.807, 2.05) is 0 Å². The summed E-state index contributed by atoms with van der Waals surface area (Å²) in [5.74, 6) is -3.74. The largest absolute Gasteiger partial charge is 0.505 e. The van der Waals surface area contributed by atoms with Gasteiger partial charge in [0.15, 0.2) is 11.8 Å². The number of unbranched alkanes of at least 4 members (excludes halogenated alkanes) is 3. The van der Waals surface area contributed by atoms with Crippen molar-refractivity contribution in [3.8, 4) is 5.75 Å². The Morgan fingerprint density at radius 1 is 1.09 bits per heavy atom. The number of esters is 2. The first-order chi connectivity index (χ1) is 15.7. The number of hydrogen-bond acceptors (Lipinski definition) is 8. The second-order valence-electron chi connectivity index (χ2n) is 8.15. The molecule has 1 aliphatic rings. The molecule has 1 aromatic rings. The number of phenols is 1. The average Bonchev–Trinajstić information content (AvgIpc) is 2.79. The molecule has 182 valence electrons. The van der Waals surface area contributed by atoms with E-state index in [0.29, 0.717) is 19.3 Å². The third-order valence-corrected chi connectivity index (χ3v) is 5.67. The van der Waals surface area contributed by atoms with E-state index in [-0.39, 0.29) is 11.3 Å². The fraction of sp³-hybridized carbons (Fsp3) is 0.565. The molecule has 10 nitrogen and oxygen atoms in total. The number of carbonyl (C=O) groups is 4. The van der Waals surface area contributed by atoms with E-state index in [1.54, 1.807) is 0 Å². The number of hydrogen-bond donors (Lipinski definition) is 4. The van der Waals surface area contributed by atoms with Gasteiger partial charge in [-0.25, -0.2) is 4.79 Å². The predicted octanol–water partition coefficient (Wildman–Crippen LogP) is 1.88. The molecule has 1 heterocycles. The van der Waals surface area contributed by atoms with E-state index in [0.717, 1.165) is 19.3 Å². The summed E-state index contributed by atoms with van der Waals surface area (Å²) < 4.78 is 10.8. The van der Waals surface area contributed by atoms with Gasteiger partial charge in [0, 0.05) is 0 Å². The Kier molecular flexibility index (Phi) is 9.65. The molecule has 33 heavy (non-hydrogen) atoms. The van der Waals surface area contributed by atoms with Crippen LogP contribution >= 0.6 is 0 Å². The lowest BCUT2D eigenvalue weighted by atomic mass is 9.92. The number of rotatable bonds is 9. The fourth-order valence-electron chi connectivity index (χ4n) is 3.70. The van der Waals surface area contributed by atoms with E-state index >= 15 is 0 Å². The van der Waals surface area contributed by atoms with Crippen molar-refractivity contribution in [1.82, 2.24) is 5.32 Å². The summed E-state index contributed by atoms with van der Waals surface area (Å²) in [7, 11) is 0. The molecule has 10 heteroatoms. The maximum atomic E-state index is 12.8. The number of phenolic OH excluding ortho intramolecular Hbond substituents is 1. The number of aliphatic hydroxyl groups is 1. The number of cyclic esters (lactones) is 2. The minimum Gasteiger partial charge on any atom is -0.505 e. The third-order valence-electron chi connectivity index (χ3n) is 5.67. The van der Waals surface area contributed by atoms with Gasteiger partial charge >= 0.3 is 11.9 Å². The van der Waals surface area contributed by atoms with Gasteiger partial charge in [0.1, 0.15) is 18.3 Å². The molecule has 0 radical (unpaired) electrons. The Morgan fingerprint density at radius 3 is 2.45 bits per heavy atom. The van der Waals surface area contributed by atoms with Crippen LogP contribution in [0.25, 0.3) is 0 Å². The number of aliphatic hydroxyl groups excluding tert-OH is 1. The molecular formula is C23H32N2O8. The van der Waals surface area contributed by atoms with Crippen LogP contribution in [0.4, 0.5) is 5.69 Å². The molecule has 0 aliphatic carbocycles. The molecule has 5 atom stereocenters. The summed E-state index contributed by atoms with van der Waals surface area (Å²) in [6, 6.07) is 2.75. The number of benzene rings is 1. The van der Waals surface area contributed by atoms with Crippen molar-refractivity contribution in [3.63, 3.8) is 0 Å². The van der Waals surface area contributed by atoms with Crippen LogP contribution in [0.15, 0.2) is 18.2 Å². The highest BCUT2D eigenvalue weighted by Gasteiger charge is 2.41. The van der Waals surface area contributed by atoms with Crippen LogP contribution in [0.3, 0.4) is 0 Å². The van der Waals surface area contributed by atoms with Crippen molar-refractivity contribution >= 4 is 29.9 Å². The topological polar surface area (TPSA) is 151 Å². The Labute approximate surface area is 192 Å². The van der Waals surface area contributed by atoms with E-state index < -0.39 is 53.9 Å². The molecule has 1 aromatic carbocycles. The Morgan fingerprint density at radius 2 is 1.79 bits per heavy atom. The number of ether oxygens (including phenoxy) is 2. The summed E-state index contributed by atoms with van der Waals surface area (Å²) in [6.45, 7) is 4.98. The molecule has 4 N–H and O–H groups in total. The van der Waals surface area contributed by atoms with Crippen molar-refractivity contribution in [2.45, 2.75) is 77.2 Å². The number of amides is 2. The first-order valence-electron chi connectivity index (χ1n) is 11.1. The third kappa shape index (κ3) is 6.67. The second kappa shape index (κ2) is 12.2. The van der Waals surface area contributed by atoms with Crippen LogP contribution in [0.5, 0.6) is 5.75 Å². The standard InChI is InChI=1S/C23H32N2O8/c1-4-5-6-7-9-16-19(27)14(3)33-23(31)18(13(2)32-22(16)30)25-21(29)15-10-8-11-17(20(15)28)24-12-26/h8,10-14,16,18-19,27-28H,4-7,9H2,1-3H3,(H,24,26)(H,25,29)/t13-,14+,16-,18+,19+/m1/s1. The minimum atomic E-state index is -1.38. The smallest absolute Gasteiger partial charge is 0.332 e. The van der Waals surface area contributed by atoms with Gasteiger partial charge in [0.05, 0.1) is 17.2 Å². The van der Waals surface area contributed by atoms with Crippen molar-refractivity contribution in [2.24, 2.45) is 5.92 Å². The molecule has 1 fully saturated rings. The maximum Gasteiger partial charge on any atom is 0.332 e. The Balaban J connectivity index is 2.21. The predicted molar refractivity (Wildman–Crippen MR) is 118 cm³/mol. The van der Waals surface area contributed by atoms with E-state index in [4.69, 9.17) is 9.47 Å². The number of carbonyl (C=O) groups excluding carboxylic acids is 4. The van der Waals surface area contributed by atoms with Crippen LogP contribution in [0, 0.1) is 5.92 Å². The van der Waals surface area contributed by atoms with Crippen LogP contribution < -0.4 is 10.6 Å². The lowest BCUT2D eigenvalue weighted by Gasteiger charge is -2.24. The second-order valence-corrected chi connectivity index (χ2v) is 8.15. The molecule has 0 spiro atoms. The van der Waals surface area contributed by atoms with Crippen molar-refractivity contribution in [3.05, 3.63) is 23.8 Å². The molecular weight excluding hydrogens is 432 g/mol. The van der Waals surface area contributed by atoms with Crippen LogP contribution in [0.1, 0.15) is 63.2 Å². The van der Waals surface area contributed by atoms with Gasteiger partial charge < -0.3 is 30.3 Å². The quantitative estimate of drug-likeness (QED) is 0.187. The van der Waals surface area contributed by atoms with Crippen LogP contribution in [0.2, 0.25) is 0 Å².